The molecule has 64 heavy (non-hydrogen) atoms. The van der Waals surface area contributed by atoms with E-state index in [9.17, 15) is 9.59 Å². The van der Waals surface area contributed by atoms with Crippen LogP contribution in [0.4, 0.5) is 0 Å². The first-order valence-electron chi connectivity index (χ1n) is 29.2. The van der Waals surface area contributed by atoms with Crippen molar-refractivity contribution in [3.8, 4) is 0 Å². The van der Waals surface area contributed by atoms with Crippen molar-refractivity contribution in [2.24, 2.45) is 40.9 Å². The lowest BCUT2D eigenvalue weighted by Crippen LogP contribution is -2.53. The maximum atomic E-state index is 13.8. The second-order valence-electron chi connectivity index (χ2n) is 22.8. The first-order chi connectivity index (χ1) is 31.4. The molecule has 0 N–H and O–H groups in total. The Morgan fingerprint density at radius 2 is 0.984 bits per heavy atom. The summed E-state index contributed by atoms with van der Waals surface area (Å²) in [6, 6.07) is 0. The van der Waals surface area contributed by atoms with Crippen LogP contribution in [0.2, 0.25) is 0 Å². The van der Waals surface area contributed by atoms with Crippen molar-refractivity contribution in [2.75, 3.05) is 19.6 Å². The molecule has 7 unspecified atom stereocenters. The Balaban J connectivity index is 0.981. The third kappa shape index (κ3) is 20.5. The number of carbonyl (C=O) groups excluding carboxylic acids is 2. The number of piperidine rings is 3. The van der Waals surface area contributed by atoms with Crippen molar-refractivity contribution >= 4 is 11.9 Å². The molecule has 7 atom stereocenters. The highest BCUT2D eigenvalue weighted by Crippen LogP contribution is 2.47. The zero-order valence-electron chi connectivity index (χ0n) is 42.8. The molecule has 3 saturated heterocycles. The molecule has 0 amide bonds. The van der Waals surface area contributed by atoms with Gasteiger partial charge in [0, 0.05) is 12.3 Å². The quantitative estimate of drug-likeness (QED) is 0.0348. The summed E-state index contributed by atoms with van der Waals surface area (Å²) in [5.41, 5.74) is -0.275. The summed E-state index contributed by atoms with van der Waals surface area (Å²) in [5, 5.41) is 0. The van der Waals surface area contributed by atoms with Gasteiger partial charge in [-0.1, -0.05) is 200 Å². The standard InChI is InChI=1S/C59H105NO4/c1-4-7-10-12-18-25-31-49-46-51(49)33-27-20-14-16-22-29-35-54(36-30-23-17-15-21-28-34-52-47-50(52)32-26-19-13-11-8-5-2)63-57(61)48-53-38-39-56(55(53)37-24-9-6-3)64-58(62)59-40-43-60(44-41-59)45-42-59/h9,24,49-56H,4-8,10-23,25-48H2,1-3H3/b24-9-. The van der Waals surface area contributed by atoms with E-state index in [1.807, 2.05) is 0 Å². The fourth-order valence-electron chi connectivity index (χ4n) is 12.8. The monoisotopic (exact) mass is 892 g/mol. The van der Waals surface area contributed by atoms with Gasteiger partial charge >= 0.3 is 11.9 Å². The first kappa shape index (κ1) is 53.6. The fraction of sp³-hybridized carbons (Fsp3) is 0.932. The molecule has 0 spiro atoms. The van der Waals surface area contributed by atoms with E-state index in [-0.39, 0.29) is 41.4 Å². The van der Waals surface area contributed by atoms with E-state index in [1.54, 1.807) is 0 Å². The molecule has 6 aliphatic rings. The minimum absolute atomic E-state index is 0.00515. The van der Waals surface area contributed by atoms with Crippen LogP contribution in [0.1, 0.15) is 278 Å². The summed E-state index contributed by atoms with van der Waals surface area (Å²) >= 11 is 0. The molecule has 0 radical (unpaired) electrons. The van der Waals surface area contributed by atoms with Crippen LogP contribution in [0, 0.1) is 40.9 Å². The lowest BCUT2D eigenvalue weighted by atomic mass is 9.72. The highest BCUT2D eigenvalue weighted by molar-refractivity contribution is 5.77. The number of hydrogen-bond acceptors (Lipinski definition) is 5. The van der Waals surface area contributed by atoms with Crippen molar-refractivity contribution in [1.29, 1.82) is 0 Å². The molecule has 6 rings (SSSR count). The van der Waals surface area contributed by atoms with Crippen molar-refractivity contribution < 1.29 is 19.1 Å². The van der Waals surface area contributed by atoms with Gasteiger partial charge in [0.1, 0.15) is 12.2 Å². The van der Waals surface area contributed by atoms with E-state index in [2.05, 4.69) is 37.8 Å². The number of allylic oxidation sites excluding steroid dienone is 2. The lowest BCUT2D eigenvalue weighted by Gasteiger charge is -2.46. The van der Waals surface area contributed by atoms with E-state index in [0.29, 0.717) is 6.42 Å². The number of rotatable bonds is 40. The number of ether oxygens (including phenoxy) is 2. The smallest absolute Gasteiger partial charge is 0.312 e. The maximum Gasteiger partial charge on any atom is 0.312 e. The molecule has 0 aromatic carbocycles. The van der Waals surface area contributed by atoms with Gasteiger partial charge in [-0.25, -0.2) is 0 Å². The third-order valence-corrected chi connectivity index (χ3v) is 17.6. The van der Waals surface area contributed by atoms with Gasteiger partial charge in [0.15, 0.2) is 0 Å². The van der Waals surface area contributed by atoms with Gasteiger partial charge in [0.2, 0.25) is 0 Å². The van der Waals surface area contributed by atoms with Crippen LogP contribution in [-0.4, -0.2) is 48.7 Å². The lowest BCUT2D eigenvalue weighted by molar-refractivity contribution is -0.171. The molecular weight excluding hydrogens is 787 g/mol. The van der Waals surface area contributed by atoms with Crippen molar-refractivity contribution in [2.45, 2.75) is 290 Å². The summed E-state index contributed by atoms with van der Waals surface area (Å²) in [6.45, 7) is 9.87. The highest BCUT2D eigenvalue weighted by Gasteiger charge is 2.49. The van der Waals surface area contributed by atoms with E-state index < -0.39 is 0 Å². The van der Waals surface area contributed by atoms with Crippen molar-refractivity contribution in [3.05, 3.63) is 12.2 Å². The second-order valence-corrected chi connectivity index (χ2v) is 22.8. The highest BCUT2D eigenvalue weighted by atomic mass is 16.5. The van der Waals surface area contributed by atoms with Gasteiger partial charge in [0.05, 0.1) is 5.41 Å². The van der Waals surface area contributed by atoms with Gasteiger partial charge in [-0.15, -0.1) is 0 Å². The average molecular weight is 892 g/mol. The molecule has 3 heterocycles. The Kier molecular flexibility index (Phi) is 26.5. The largest absolute Gasteiger partial charge is 0.462 e. The normalized spacial score (nSPS) is 28.8. The van der Waals surface area contributed by atoms with E-state index in [0.717, 1.165) is 101 Å². The zero-order chi connectivity index (χ0) is 45.1. The molecule has 5 heteroatoms. The number of esters is 2. The number of hydrogen-bond donors (Lipinski definition) is 0. The molecule has 6 fully saturated rings. The minimum Gasteiger partial charge on any atom is -0.462 e. The molecular formula is C59H105NO4. The summed E-state index contributed by atoms with van der Waals surface area (Å²) in [6.07, 6.45) is 55.5. The van der Waals surface area contributed by atoms with Crippen LogP contribution in [0.5, 0.6) is 0 Å². The van der Waals surface area contributed by atoms with Crippen LogP contribution in [-0.2, 0) is 19.1 Å². The Labute approximate surface area is 396 Å². The minimum atomic E-state index is -0.275. The molecule has 0 aromatic heterocycles. The van der Waals surface area contributed by atoms with E-state index >= 15 is 0 Å². The van der Waals surface area contributed by atoms with Crippen LogP contribution < -0.4 is 0 Å². The second kappa shape index (κ2) is 31.6. The van der Waals surface area contributed by atoms with Gasteiger partial charge in [-0.2, -0.15) is 0 Å². The van der Waals surface area contributed by atoms with Crippen LogP contribution >= 0.6 is 0 Å². The zero-order valence-corrected chi connectivity index (χ0v) is 42.8. The molecule has 370 valence electrons. The molecule has 0 aromatic rings. The Morgan fingerprint density at radius 3 is 1.44 bits per heavy atom. The number of fused-ring (bicyclic) bond motifs is 3. The molecule has 3 aliphatic heterocycles. The predicted octanol–water partition coefficient (Wildman–Crippen LogP) is 17.1. The summed E-state index contributed by atoms with van der Waals surface area (Å²) in [5.74, 6) is 4.68. The molecule has 3 saturated carbocycles. The summed E-state index contributed by atoms with van der Waals surface area (Å²) < 4.78 is 12.9. The number of carbonyl (C=O) groups is 2. The van der Waals surface area contributed by atoms with Gasteiger partial charge in [-0.05, 0) is 133 Å². The molecule has 3 aliphatic carbocycles. The third-order valence-electron chi connectivity index (χ3n) is 17.6. The summed E-state index contributed by atoms with van der Waals surface area (Å²) in [4.78, 5) is 30.0. The van der Waals surface area contributed by atoms with Gasteiger partial charge in [0.25, 0.3) is 0 Å². The SMILES string of the molecule is CC/C=C\CC1C(CC(=O)OC(CCCCCCCCC2CC2CCCCCCCC)CCCCCCCCC2CC2CCCCCCCC)CCC1OC(=O)C12CCN(CC1)CC2. The first-order valence-corrected chi connectivity index (χ1v) is 29.2. The van der Waals surface area contributed by atoms with E-state index in [4.69, 9.17) is 9.47 Å². The number of unbranched alkanes of at least 4 members (excludes halogenated alkanes) is 20. The van der Waals surface area contributed by atoms with E-state index in [1.165, 1.54) is 193 Å². The van der Waals surface area contributed by atoms with Crippen LogP contribution in [0.15, 0.2) is 12.2 Å². The fourth-order valence-corrected chi connectivity index (χ4v) is 12.8. The van der Waals surface area contributed by atoms with Crippen molar-refractivity contribution in [3.63, 3.8) is 0 Å². The Bertz CT molecular complexity index is 1200. The van der Waals surface area contributed by atoms with Crippen LogP contribution in [0.25, 0.3) is 0 Å². The van der Waals surface area contributed by atoms with Gasteiger partial charge < -0.3 is 14.4 Å². The Morgan fingerprint density at radius 1 is 0.547 bits per heavy atom. The Hall–Kier alpha value is -1.36. The summed E-state index contributed by atoms with van der Waals surface area (Å²) in [7, 11) is 0. The molecule has 2 bridgehead atoms. The van der Waals surface area contributed by atoms with Gasteiger partial charge in [-0.3, -0.25) is 9.59 Å². The number of nitrogens with zero attached hydrogens (tertiary/aromatic N) is 1. The van der Waals surface area contributed by atoms with Crippen molar-refractivity contribution in [1.82, 2.24) is 4.90 Å². The maximum absolute atomic E-state index is 13.8. The van der Waals surface area contributed by atoms with Crippen LogP contribution in [0.3, 0.4) is 0 Å². The topological polar surface area (TPSA) is 55.8 Å². The predicted molar refractivity (Wildman–Crippen MR) is 270 cm³/mol. The average Bonchev–Trinajstić information content (AvgIpc) is 4.22. The molecule has 5 nitrogen and oxygen atoms in total.